The Hall–Kier alpha value is -0.770. The van der Waals surface area contributed by atoms with Gasteiger partial charge >= 0.3 is 0 Å². The molecule has 0 amide bonds. The molecule has 0 heterocycles. The van der Waals surface area contributed by atoms with Crippen molar-refractivity contribution >= 4 is 17.3 Å². The summed E-state index contributed by atoms with van der Waals surface area (Å²) in [6.07, 6.45) is -0.247. The van der Waals surface area contributed by atoms with Crippen molar-refractivity contribution in [2.45, 2.75) is 13.2 Å². The van der Waals surface area contributed by atoms with Gasteiger partial charge in [-0.05, 0) is 24.6 Å². The molecule has 4 heteroatoms. The third kappa shape index (κ3) is 3.38. The molecule has 0 saturated heterocycles. The molecule has 0 radical (unpaired) electrons. The van der Waals surface area contributed by atoms with E-state index in [2.05, 4.69) is 5.32 Å². The normalized spacial score (nSPS) is 10.7. The molecule has 1 aromatic rings. The third-order valence-electron chi connectivity index (χ3n) is 2.25. The number of ether oxygens (including phenoxy) is 2. The number of methoxy groups -OCH3 is 2. The second kappa shape index (κ2) is 5.95. The van der Waals surface area contributed by atoms with Gasteiger partial charge < -0.3 is 14.8 Å². The first-order chi connectivity index (χ1) is 7.19. The Balaban J connectivity index is 2.61. The second-order valence-electron chi connectivity index (χ2n) is 3.19. The summed E-state index contributed by atoms with van der Waals surface area (Å²) < 4.78 is 10.1. The molecule has 1 aromatic carbocycles. The lowest BCUT2D eigenvalue weighted by Crippen LogP contribution is -2.23. The van der Waals surface area contributed by atoms with E-state index in [4.69, 9.17) is 21.1 Å². The molecule has 1 rings (SSSR count). The van der Waals surface area contributed by atoms with Gasteiger partial charge in [0.25, 0.3) is 0 Å². The highest BCUT2D eigenvalue weighted by Gasteiger charge is 2.06. The molecular weight excluding hydrogens is 214 g/mol. The maximum absolute atomic E-state index is 5.99. The van der Waals surface area contributed by atoms with E-state index in [-0.39, 0.29) is 6.29 Å². The van der Waals surface area contributed by atoms with Crippen LogP contribution in [0, 0.1) is 6.92 Å². The predicted molar refractivity (Wildman–Crippen MR) is 62.5 cm³/mol. The van der Waals surface area contributed by atoms with E-state index in [1.54, 1.807) is 14.2 Å². The lowest BCUT2D eigenvalue weighted by atomic mass is 10.2. The van der Waals surface area contributed by atoms with Crippen molar-refractivity contribution in [2.75, 3.05) is 26.1 Å². The van der Waals surface area contributed by atoms with Crippen LogP contribution in [0.15, 0.2) is 18.2 Å². The zero-order valence-corrected chi connectivity index (χ0v) is 9.97. The highest BCUT2D eigenvalue weighted by atomic mass is 35.5. The number of halogens is 1. The van der Waals surface area contributed by atoms with Gasteiger partial charge in [-0.25, -0.2) is 0 Å². The van der Waals surface area contributed by atoms with Gasteiger partial charge in [0.05, 0.1) is 6.54 Å². The van der Waals surface area contributed by atoms with Gasteiger partial charge in [0.2, 0.25) is 0 Å². The number of nitrogens with one attached hydrogen (secondary N) is 1. The van der Waals surface area contributed by atoms with Crippen LogP contribution in [0.5, 0.6) is 0 Å². The van der Waals surface area contributed by atoms with Crippen LogP contribution < -0.4 is 5.32 Å². The third-order valence-corrected chi connectivity index (χ3v) is 2.66. The molecule has 0 bridgehead atoms. The lowest BCUT2D eigenvalue weighted by Gasteiger charge is -2.16. The molecule has 0 aromatic heterocycles. The van der Waals surface area contributed by atoms with Gasteiger partial charge in [-0.15, -0.1) is 0 Å². The molecular formula is C11H16ClNO2. The Labute approximate surface area is 95.3 Å². The molecule has 0 saturated carbocycles. The number of hydrogen-bond acceptors (Lipinski definition) is 3. The molecule has 84 valence electrons. The van der Waals surface area contributed by atoms with Crippen molar-refractivity contribution in [3.8, 4) is 0 Å². The summed E-state index contributed by atoms with van der Waals surface area (Å²) in [4.78, 5) is 0. The molecule has 0 fully saturated rings. The first kappa shape index (κ1) is 12.3. The van der Waals surface area contributed by atoms with E-state index in [1.165, 1.54) is 0 Å². The molecule has 0 atom stereocenters. The number of hydrogen-bond donors (Lipinski definition) is 1. The van der Waals surface area contributed by atoms with Gasteiger partial charge in [-0.2, -0.15) is 0 Å². The highest BCUT2D eigenvalue weighted by Crippen LogP contribution is 2.22. The standard InChI is InChI=1S/C11H16ClNO2/c1-8-9(12)5-4-6-10(8)13-7-11(14-2)15-3/h4-6,11,13H,7H2,1-3H3. The van der Waals surface area contributed by atoms with Gasteiger partial charge in [0.1, 0.15) is 0 Å². The summed E-state index contributed by atoms with van der Waals surface area (Å²) >= 11 is 5.99. The van der Waals surface area contributed by atoms with Crippen LogP contribution in [-0.2, 0) is 9.47 Å². The average molecular weight is 230 g/mol. The van der Waals surface area contributed by atoms with Gasteiger partial charge in [0, 0.05) is 24.9 Å². The fraction of sp³-hybridized carbons (Fsp3) is 0.455. The molecule has 0 aliphatic carbocycles. The Morgan fingerprint density at radius 1 is 1.33 bits per heavy atom. The molecule has 1 N–H and O–H groups in total. The highest BCUT2D eigenvalue weighted by molar-refractivity contribution is 6.31. The fourth-order valence-electron chi connectivity index (χ4n) is 1.26. The minimum Gasteiger partial charge on any atom is -0.380 e. The maximum Gasteiger partial charge on any atom is 0.173 e. The Morgan fingerprint density at radius 2 is 2.00 bits per heavy atom. The first-order valence-corrected chi connectivity index (χ1v) is 5.11. The van der Waals surface area contributed by atoms with E-state index >= 15 is 0 Å². The van der Waals surface area contributed by atoms with Gasteiger partial charge in [-0.1, -0.05) is 17.7 Å². The quantitative estimate of drug-likeness (QED) is 0.788. The molecule has 0 aliphatic rings. The van der Waals surface area contributed by atoms with E-state index in [0.29, 0.717) is 6.54 Å². The summed E-state index contributed by atoms with van der Waals surface area (Å²) in [5, 5.41) is 3.98. The second-order valence-corrected chi connectivity index (χ2v) is 3.60. The van der Waals surface area contributed by atoms with E-state index < -0.39 is 0 Å². The summed E-state index contributed by atoms with van der Waals surface area (Å²) in [5.41, 5.74) is 2.03. The Morgan fingerprint density at radius 3 is 2.60 bits per heavy atom. The molecule has 0 spiro atoms. The summed E-state index contributed by atoms with van der Waals surface area (Å²) in [6.45, 7) is 2.56. The van der Waals surface area contributed by atoms with Gasteiger partial charge in [0.15, 0.2) is 6.29 Å². The van der Waals surface area contributed by atoms with Crippen molar-refractivity contribution in [3.05, 3.63) is 28.8 Å². The molecule has 0 unspecified atom stereocenters. The van der Waals surface area contributed by atoms with Gasteiger partial charge in [-0.3, -0.25) is 0 Å². The van der Waals surface area contributed by atoms with E-state index in [1.807, 2.05) is 25.1 Å². The van der Waals surface area contributed by atoms with Crippen LogP contribution in [0.2, 0.25) is 5.02 Å². The number of benzene rings is 1. The fourth-order valence-corrected chi connectivity index (χ4v) is 1.43. The maximum atomic E-state index is 5.99. The number of anilines is 1. The summed E-state index contributed by atoms with van der Waals surface area (Å²) in [6, 6.07) is 5.75. The van der Waals surface area contributed by atoms with Crippen molar-refractivity contribution in [2.24, 2.45) is 0 Å². The molecule has 0 aliphatic heterocycles. The first-order valence-electron chi connectivity index (χ1n) is 4.73. The van der Waals surface area contributed by atoms with Crippen molar-refractivity contribution in [1.82, 2.24) is 0 Å². The molecule has 15 heavy (non-hydrogen) atoms. The minimum atomic E-state index is -0.247. The lowest BCUT2D eigenvalue weighted by molar-refractivity contribution is -0.0914. The van der Waals surface area contributed by atoms with Crippen LogP contribution >= 0.6 is 11.6 Å². The van der Waals surface area contributed by atoms with Crippen LogP contribution in [0.25, 0.3) is 0 Å². The summed E-state index contributed by atoms with van der Waals surface area (Å²) in [7, 11) is 3.22. The van der Waals surface area contributed by atoms with Crippen LogP contribution in [-0.4, -0.2) is 27.1 Å². The van der Waals surface area contributed by atoms with Crippen molar-refractivity contribution in [3.63, 3.8) is 0 Å². The predicted octanol–water partition coefficient (Wildman–Crippen LogP) is 2.68. The average Bonchev–Trinajstić information content (AvgIpc) is 2.25. The molecule has 3 nitrogen and oxygen atoms in total. The monoisotopic (exact) mass is 229 g/mol. The minimum absolute atomic E-state index is 0.247. The largest absolute Gasteiger partial charge is 0.380 e. The van der Waals surface area contributed by atoms with Crippen LogP contribution in [0.1, 0.15) is 5.56 Å². The topological polar surface area (TPSA) is 30.5 Å². The summed E-state index contributed by atoms with van der Waals surface area (Å²) in [5.74, 6) is 0. The number of rotatable bonds is 5. The zero-order valence-electron chi connectivity index (χ0n) is 9.21. The SMILES string of the molecule is COC(CNc1cccc(Cl)c1C)OC. The zero-order chi connectivity index (χ0) is 11.3. The van der Waals surface area contributed by atoms with E-state index in [0.717, 1.165) is 16.3 Å². The smallest absolute Gasteiger partial charge is 0.173 e. The Kier molecular flexibility index (Phi) is 4.88. The Bertz CT molecular complexity index is 313. The van der Waals surface area contributed by atoms with Crippen molar-refractivity contribution in [1.29, 1.82) is 0 Å². The van der Waals surface area contributed by atoms with E-state index in [9.17, 15) is 0 Å². The van der Waals surface area contributed by atoms with Crippen LogP contribution in [0.3, 0.4) is 0 Å². The van der Waals surface area contributed by atoms with Crippen LogP contribution in [0.4, 0.5) is 5.69 Å². The van der Waals surface area contributed by atoms with Crippen molar-refractivity contribution < 1.29 is 9.47 Å².